The van der Waals surface area contributed by atoms with Crippen LogP contribution in [0, 0.1) is 0 Å². The van der Waals surface area contributed by atoms with Crippen molar-refractivity contribution in [3.05, 3.63) is 34.3 Å². The van der Waals surface area contributed by atoms with Crippen LogP contribution < -0.4 is 15.4 Å². The minimum Gasteiger partial charge on any atom is -0.356 e. The SMILES string of the molecule is CCS(=O)(=O)NCCCNC(=NC)NCC1(c2cccc(Br)c2)CC1. The van der Waals surface area contributed by atoms with E-state index in [-0.39, 0.29) is 11.2 Å². The summed E-state index contributed by atoms with van der Waals surface area (Å²) in [6.07, 6.45) is 3.05. The molecule has 0 bridgehead atoms. The maximum Gasteiger partial charge on any atom is 0.211 e. The summed E-state index contributed by atoms with van der Waals surface area (Å²) in [6, 6.07) is 8.48. The van der Waals surface area contributed by atoms with Crippen molar-refractivity contribution in [1.82, 2.24) is 15.4 Å². The average molecular weight is 431 g/mol. The van der Waals surface area contributed by atoms with Gasteiger partial charge in [-0.1, -0.05) is 28.1 Å². The molecule has 0 amide bonds. The van der Waals surface area contributed by atoms with E-state index in [9.17, 15) is 8.42 Å². The number of aliphatic imine (C=N–C) groups is 1. The van der Waals surface area contributed by atoms with Gasteiger partial charge in [-0.05, 0) is 43.9 Å². The Hall–Kier alpha value is -1.12. The summed E-state index contributed by atoms with van der Waals surface area (Å²) in [4.78, 5) is 4.24. The Morgan fingerprint density at radius 2 is 2.04 bits per heavy atom. The lowest BCUT2D eigenvalue weighted by Crippen LogP contribution is -2.42. The molecule has 1 aromatic carbocycles. The molecule has 0 saturated heterocycles. The van der Waals surface area contributed by atoms with Crippen LogP contribution in [0.4, 0.5) is 0 Å². The number of benzene rings is 1. The third-order valence-electron chi connectivity index (χ3n) is 4.46. The van der Waals surface area contributed by atoms with Crippen LogP contribution in [0.3, 0.4) is 0 Å². The van der Waals surface area contributed by atoms with Gasteiger partial charge in [0.15, 0.2) is 5.96 Å². The molecule has 6 nitrogen and oxygen atoms in total. The monoisotopic (exact) mass is 430 g/mol. The summed E-state index contributed by atoms with van der Waals surface area (Å²) < 4.78 is 26.4. The second-order valence-electron chi connectivity index (χ2n) is 6.29. The fourth-order valence-corrected chi connectivity index (χ4v) is 3.69. The molecular formula is C17H27BrN4O2S. The fourth-order valence-electron chi connectivity index (χ4n) is 2.64. The number of sulfonamides is 1. The maximum absolute atomic E-state index is 11.4. The van der Waals surface area contributed by atoms with Gasteiger partial charge in [-0.25, -0.2) is 13.1 Å². The van der Waals surface area contributed by atoms with Crippen LogP contribution in [-0.4, -0.2) is 46.8 Å². The molecule has 1 aliphatic rings. The van der Waals surface area contributed by atoms with Crippen LogP contribution >= 0.6 is 15.9 Å². The quantitative estimate of drug-likeness (QED) is 0.317. The largest absolute Gasteiger partial charge is 0.356 e. The van der Waals surface area contributed by atoms with E-state index in [0.717, 1.165) is 17.0 Å². The summed E-state index contributed by atoms with van der Waals surface area (Å²) in [5.41, 5.74) is 1.54. The number of hydrogen-bond donors (Lipinski definition) is 3. The Morgan fingerprint density at radius 3 is 2.64 bits per heavy atom. The van der Waals surface area contributed by atoms with Gasteiger partial charge in [-0.2, -0.15) is 0 Å². The van der Waals surface area contributed by atoms with Crippen molar-refractivity contribution in [1.29, 1.82) is 0 Å². The smallest absolute Gasteiger partial charge is 0.211 e. The van der Waals surface area contributed by atoms with Gasteiger partial charge in [0.25, 0.3) is 0 Å². The average Bonchev–Trinajstić information content (AvgIpc) is 3.38. The minimum absolute atomic E-state index is 0.112. The highest BCUT2D eigenvalue weighted by atomic mass is 79.9. The summed E-state index contributed by atoms with van der Waals surface area (Å²) in [7, 11) is -1.36. The van der Waals surface area contributed by atoms with Crippen LogP contribution in [0.2, 0.25) is 0 Å². The van der Waals surface area contributed by atoms with Crippen molar-refractivity contribution in [3.8, 4) is 0 Å². The summed E-state index contributed by atoms with van der Waals surface area (Å²) in [6.45, 7) is 3.56. The van der Waals surface area contributed by atoms with Crippen LogP contribution in [0.5, 0.6) is 0 Å². The van der Waals surface area contributed by atoms with Crippen molar-refractivity contribution >= 4 is 31.9 Å². The van der Waals surface area contributed by atoms with Crippen molar-refractivity contribution in [2.75, 3.05) is 32.4 Å². The Bertz CT molecular complexity index is 702. The second kappa shape index (κ2) is 9.00. The summed E-state index contributed by atoms with van der Waals surface area (Å²) in [5.74, 6) is 0.862. The molecule has 0 aromatic heterocycles. The van der Waals surface area contributed by atoms with Crippen LogP contribution in [0.1, 0.15) is 31.7 Å². The van der Waals surface area contributed by atoms with E-state index >= 15 is 0 Å². The van der Waals surface area contributed by atoms with E-state index in [1.54, 1.807) is 14.0 Å². The normalized spacial score (nSPS) is 16.5. The highest BCUT2D eigenvalue weighted by molar-refractivity contribution is 9.10. The van der Waals surface area contributed by atoms with Gasteiger partial charge in [0, 0.05) is 36.6 Å². The van der Waals surface area contributed by atoms with E-state index in [1.165, 1.54) is 18.4 Å². The number of halogens is 1. The minimum atomic E-state index is -3.11. The predicted molar refractivity (Wildman–Crippen MR) is 106 cm³/mol. The first-order valence-corrected chi connectivity index (χ1v) is 11.0. The van der Waals surface area contributed by atoms with Gasteiger partial charge in [-0.15, -0.1) is 0 Å². The molecule has 25 heavy (non-hydrogen) atoms. The van der Waals surface area contributed by atoms with E-state index in [0.29, 0.717) is 19.5 Å². The zero-order valence-corrected chi connectivity index (χ0v) is 17.2. The molecule has 1 aromatic rings. The highest BCUT2D eigenvalue weighted by Crippen LogP contribution is 2.48. The molecular weight excluding hydrogens is 404 g/mol. The third kappa shape index (κ3) is 6.27. The molecule has 3 N–H and O–H groups in total. The first-order chi connectivity index (χ1) is 11.9. The molecule has 1 aliphatic carbocycles. The topological polar surface area (TPSA) is 82.6 Å². The summed E-state index contributed by atoms with van der Waals surface area (Å²) in [5, 5.41) is 6.63. The standard InChI is InChI=1S/C17H27BrN4O2S/c1-3-25(23,24)22-11-5-10-20-16(19-2)21-13-17(8-9-17)14-6-4-7-15(18)12-14/h4,6-7,12,22H,3,5,8-11,13H2,1-2H3,(H2,19,20,21). The molecule has 0 atom stereocenters. The second-order valence-corrected chi connectivity index (χ2v) is 9.31. The van der Waals surface area contributed by atoms with E-state index in [2.05, 4.69) is 54.5 Å². The Labute approximate surface area is 159 Å². The van der Waals surface area contributed by atoms with Gasteiger partial charge < -0.3 is 10.6 Å². The number of hydrogen-bond acceptors (Lipinski definition) is 3. The first-order valence-electron chi connectivity index (χ1n) is 8.59. The zero-order valence-electron chi connectivity index (χ0n) is 14.8. The molecule has 140 valence electrons. The zero-order chi connectivity index (χ0) is 18.3. The van der Waals surface area contributed by atoms with Gasteiger partial charge in [0.05, 0.1) is 5.75 Å². The van der Waals surface area contributed by atoms with Crippen LogP contribution in [-0.2, 0) is 15.4 Å². The van der Waals surface area contributed by atoms with Crippen molar-refractivity contribution in [3.63, 3.8) is 0 Å². The van der Waals surface area contributed by atoms with Gasteiger partial charge in [0.1, 0.15) is 0 Å². The van der Waals surface area contributed by atoms with Crippen LogP contribution in [0.25, 0.3) is 0 Å². The lowest BCUT2D eigenvalue weighted by atomic mass is 9.96. The number of nitrogens with zero attached hydrogens (tertiary/aromatic N) is 1. The van der Waals surface area contributed by atoms with Gasteiger partial charge in [-0.3, -0.25) is 4.99 Å². The van der Waals surface area contributed by atoms with E-state index < -0.39 is 10.0 Å². The predicted octanol–water partition coefficient (Wildman–Crippen LogP) is 1.98. The molecule has 0 radical (unpaired) electrons. The van der Waals surface area contributed by atoms with E-state index in [1.807, 2.05) is 6.07 Å². The Kier molecular flexibility index (Phi) is 7.27. The fraction of sp³-hybridized carbons (Fsp3) is 0.588. The Balaban J connectivity index is 1.74. The highest BCUT2D eigenvalue weighted by Gasteiger charge is 2.44. The molecule has 0 heterocycles. The number of rotatable bonds is 9. The molecule has 1 fully saturated rings. The lowest BCUT2D eigenvalue weighted by molar-refractivity contribution is 0.579. The number of guanidine groups is 1. The number of nitrogens with one attached hydrogen (secondary N) is 3. The molecule has 1 saturated carbocycles. The lowest BCUT2D eigenvalue weighted by Gasteiger charge is -2.19. The first kappa shape index (κ1) is 20.2. The summed E-state index contributed by atoms with van der Waals surface area (Å²) >= 11 is 3.54. The van der Waals surface area contributed by atoms with Gasteiger partial charge >= 0.3 is 0 Å². The van der Waals surface area contributed by atoms with Crippen molar-refractivity contribution in [2.45, 2.75) is 31.6 Å². The van der Waals surface area contributed by atoms with Crippen LogP contribution in [0.15, 0.2) is 33.7 Å². The molecule has 0 unspecified atom stereocenters. The Morgan fingerprint density at radius 1 is 1.28 bits per heavy atom. The maximum atomic E-state index is 11.4. The third-order valence-corrected chi connectivity index (χ3v) is 6.35. The van der Waals surface area contributed by atoms with E-state index in [4.69, 9.17) is 0 Å². The molecule has 0 spiro atoms. The molecule has 8 heteroatoms. The molecule has 0 aliphatic heterocycles. The molecule has 2 rings (SSSR count). The van der Waals surface area contributed by atoms with Crippen molar-refractivity contribution in [2.24, 2.45) is 4.99 Å². The van der Waals surface area contributed by atoms with Crippen molar-refractivity contribution < 1.29 is 8.42 Å². The van der Waals surface area contributed by atoms with Gasteiger partial charge in [0.2, 0.25) is 10.0 Å².